The Hall–Kier alpha value is -3.15. The highest BCUT2D eigenvalue weighted by atomic mass is 16.2. The molecule has 0 atom stereocenters. The summed E-state index contributed by atoms with van der Waals surface area (Å²) in [5, 5.41) is 5.53. The number of nitrogens with one attached hydrogen (secondary N) is 2. The maximum Gasteiger partial charge on any atom is 0.226 e. The summed E-state index contributed by atoms with van der Waals surface area (Å²) in [4.78, 5) is 27.5. The number of rotatable bonds is 5. The quantitative estimate of drug-likeness (QED) is 0.758. The van der Waals surface area contributed by atoms with Gasteiger partial charge in [0.2, 0.25) is 11.8 Å². The third-order valence-electron chi connectivity index (χ3n) is 3.57. The molecule has 6 nitrogen and oxygen atoms in total. The van der Waals surface area contributed by atoms with Crippen LogP contribution in [0.15, 0.2) is 54.9 Å². The molecule has 0 aliphatic rings. The number of hydrogen-bond donors (Lipinski definition) is 2. The van der Waals surface area contributed by atoms with Crippen LogP contribution in [0.1, 0.15) is 13.3 Å². The van der Waals surface area contributed by atoms with Crippen molar-refractivity contribution in [3.05, 3.63) is 54.9 Å². The van der Waals surface area contributed by atoms with E-state index in [2.05, 4.69) is 15.6 Å². The summed E-state index contributed by atoms with van der Waals surface area (Å²) >= 11 is 0. The summed E-state index contributed by atoms with van der Waals surface area (Å²) in [6, 6.07) is 14.9. The maximum absolute atomic E-state index is 12.1. The first kappa shape index (κ1) is 15.7. The Balaban J connectivity index is 1.61. The topological polar surface area (TPSA) is 76.0 Å². The van der Waals surface area contributed by atoms with Gasteiger partial charge < -0.3 is 15.2 Å². The maximum atomic E-state index is 12.1. The zero-order chi connectivity index (χ0) is 16.9. The molecule has 0 unspecified atom stereocenters. The molecule has 0 bridgehead atoms. The Kier molecular flexibility index (Phi) is 4.56. The van der Waals surface area contributed by atoms with E-state index in [-0.39, 0.29) is 11.8 Å². The second kappa shape index (κ2) is 6.95. The van der Waals surface area contributed by atoms with Gasteiger partial charge in [0, 0.05) is 31.3 Å². The van der Waals surface area contributed by atoms with Gasteiger partial charge in [0.1, 0.15) is 0 Å². The van der Waals surface area contributed by atoms with Gasteiger partial charge in [-0.25, -0.2) is 4.98 Å². The second-order valence-corrected chi connectivity index (χ2v) is 5.49. The highest BCUT2D eigenvalue weighted by Crippen LogP contribution is 2.16. The molecule has 122 valence electrons. The first-order valence-electron chi connectivity index (χ1n) is 7.69. The molecule has 0 aliphatic heterocycles. The molecule has 1 heterocycles. The van der Waals surface area contributed by atoms with Crippen LogP contribution in [0.3, 0.4) is 0 Å². The normalized spacial score (nSPS) is 10.5. The minimum Gasteiger partial charge on any atom is -0.330 e. The van der Waals surface area contributed by atoms with Gasteiger partial charge in [-0.2, -0.15) is 0 Å². The highest BCUT2D eigenvalue weighted by Gasteiger charge is 2.06. The number of aryl methyl sites for hydroxylation is 1. The third kappa shape index (κ3) is 3.78. The van der Waals surface area contributed by atoms with Crippen molar-refractivity contribution in [1.29, 1.82) is 0 Å². The smallest absolute Gasteiger partial charge is 0.226 e. The third-order valence-corrected chi connectivity index (χ3v) is 3.57. The average Bonchev–Trinajstić information content (AvgIpc) is 2.96. The van der Waals surface area contributed by atoms with Gasteiger partial charge >= 0.3 is 0 Å². The van der Waals surface area contributed by atoms with Gasteiger partial charge in [0.25, 0.3) is 0 Å². The Bertz CT molecular complexity index is 885. The molecule has 0 saturated carbocycles. The van der Waals surface area contributed by atoms with Crippen molar-refractivity contribution in [2.24, 2.45) is 0 Å². The molecule has 3 aromatic rings. The SMILES string of the molecule is CC(=O)Nc1cccc(NC(=O)CCn2cnc3ccccc32)c1. The van der Waals surface area contributed by atoms with Crippen LogP contribution >= 0.6 is 0 Å². The lowest BCUT2D eigenvalue weighted by molar-refractivity contribution is -0.116. The van der Waals surface area contributed by atoms with Crippen LogP contribution in [0.5, 0.6) is 0 Å². The van der Waals surface area contributed by atoms with Gasteiger partial charge in [-0.3, -0.25) is 9.59 Å². The number of aromatic nitrogens is 2. The van der Waals surface area contributed by atoms with Crippen molar-refractivity contribution >= 4 is 34.2 Å². The molecular formula is C18H18N4O2. The van der Waals surface area contributed by atoms with Crippen molar-refractivity contribution in [1.82, 2.24) is 9.55 Å². The first-order valence-corrected chi connectivity index (χ1v) is 7.69. The number of anilines is 2. The number of benzene rings is 2. The predicted molar refractivity (Wildman–Crippen MR) is 93.7 cm³/mol. The summed E-state index contributed by atoms with van der Waals surface area (Å²) < 4.78 is 1.96. The van der Waals surface area contributed by atoms with Crippen LogP contribution in [0.4, 0.5) is 11.4 Å². The standard InChI is InChI=1S/C18H18N4O2/c1-13(23)20-14-5-4-6-15(11-14)21-18(24)9-10-22-12-19-16-7-2-3-8-17(16)22/h2-8,11-12H,9-10H2,1H3,(H,20,23)(H,21,24). The van der Waals surface area contributed by atoms with Crippen LogP contribution in [-0.2, 0) is 16.1 Å². The molecule has 0 saturated heterocycles. The summed E-state index contributed by atoms with van der Waals surface area (Å²) in [6.07, 6.45) is 2.08. The second-order valence-electron chi connectivity index (χ2n) is 5.49. The first-order chi connectivity index (χ1) is 11.6. The Morgan fingerprint density at radius 1 is 1.04 bits per heavy atom. The fraction of sp³-hybridized carbons (Fsp3) is 0.167. The summed E-state index contributed by atoms with van der Waals surface area (Å²) in [5.41, 5.74) is 3.24. The number of carbonyl (C=O) groups excluding carboxylic acids is 2. The summed E-state index contributed by atoms with van der Waals surface area (Å²) in [7, 11) is 0. The number of nitrogens with zero attached hydrogens (tertiary/aromatic N) is 2. The van der Waals surface area contributed by atoms with Crippen molar-refractivity contribution < 1.29 is 9.59 Å². The van der Waals surface area contributed by atoms with Gasteiger partial charge in [-0.15, -0.1) is 0 Å². The van der Waals surface area contributed by atoms with Crippen molar-refractivity contribution in [2.45, 2.75) is 19.9 Å². The van der Waals surface area contributed by atoms with Gasteiger partial charge in [0.15, 0.2) is 0 Å². The molecule has 0 radical (unpaired) electrons. The van der Waals surface area contributed by atoms with E-state index in [1.165, 1.54) is 6.92 Å². The molecular weight excluding hydrogens is 304 g/mol. The summed E-state index contributed by atoms with van der Waals surface area (Å²) in [6.45, 7) is 2.00. The number of carbonyl (C=O) groups is 2. The number of hydrogen-bond acceptors (Lipinski definition) is 3. The van der Waals surface area contributed by atoms with E-state index in [4.69, 9.17) is 0 Å². The van der Waals surface area contributed by atoms with E-state index in [0.717, 1.165) is 11.0 Å². The molecule has 0 spiro atoms. The van der Waals surface area contributed by atoms with E-state index in [9.17, 15) is 9.59 Å². The zero-order valence-electron chi connectivity index (χ0n) is 13.3. The van der Waals surface area contributed by atoms with Crippen LogP contribution in [-0.4, -0.2) is 21.4 Å². The van der Waals surface area contributed by atoms with E-state index in [1.807, 2.05) is 28.8 Å². The lowest BCUT2D eigenvalue weighted by Crippen LogP contribution is -2.14. The van der Waals surface area contributed by atoms with Crippen LogP contribution < -0.4 is 10.6 Å². The van der Waals surface area contributed by atoms with E-state index in [0.29, 0.717) is 24.3 Å². The van der Waals surface area contributed by atoms with Crippen LogP contribution in [0.2, 0.25) is 0 Å². The summed E-state index contributed by atoms with van der Waals surface area (Å²) in [5.74, 6) is -0.238. The van der Waals surface area contributed by atoms with Crippen LogP contribution in [0, 0.1) is 0 Å². The molecule has 6 heteroatoms. The van der Waals surface area contributed by atoms with Crippen LogP contribution in [0.25, 0.3) is 11.0 Å². The van der Waals surface area contributed by atoms with E-state index >= 15 is 0 Å². The minimum absolute atomic E-state index is 0.0900. The number of para-hydroxylation sites is 2. The Morgan fingerprint density at radius 3 is 2.58 bits per heavy atom. The molecule has 0 fully saturated rings. The number of fused-ring (bicyclic) bond motifs is 1. The average molecular weight is 322 g/mol. The molecule has 2 aromatic carbocycles. The van der Waals surface area contributed by atoms with E-state index in [1.54, 1.807) is 30.6 Å². The lowest BCUT2D eigenvalue weighted by Gasteiger charge is -2.08. The minimum atomic E-state index is -0.148. The van der Waals surface area contributed by atoms with Crippen molar-refractivity contribution in [2.75, 3.05) is 10.6 Å². The molecule has 3 rings (SSSR count). The molecule has 24 heavy (non-hydrogen) atoms. The molecule has 1 aromatic heterocycles. The fourth-order valence-electron chi connectivity index (χ4n) is 2.51. The lowest BCUT2D eigenvalue weighted by atomic mass is 10.2. The van der Waals surface area contributed by atoms with Crippen molar-refractivity contribution in [3.63, 3.8) is 0 Å². The highest BCUT2D eigenvalue weighted by molar-refractivity contribution is 5.93. The zero-order valence-corrected chi connectivity index (χ0v) is 13.3. The van der Waals surface area contributed by atoms with Gasteiger partial charge in [-0.05, 0) is 30.3 Å². The van der Waals surface area contributed by atoms with E-state index < -0.39 is 0 Å². The predicted octanol–water partition coefficient (Wildman–Crippen LogP) is 3.02. The molecule has 2 N–H and O–H groups in total. The fourth-order valence-corrected chi connectivity index (χ4v) is 2.51. The molecule has 0 aliphatic carbocycles. The van der Waals surface area contributed by atoms with Gasteiger partial charge in [-0.1, -0.05) is 18.2 Å². The van der Waals surface area contributed by atoms with Crippen molar-refractivity contribution in [3.8, 4) is 0 Å². The monoisotopic (exact) mass is 322 g/mol. The van der Waals surface area contributed by atoms with Gasteiger partial charge in [0.05, 0.1) is 17.4 Å². The number of imidazole rings is 1. The Morgan fingerprint density at radius 2 is 1.79 bits per heavy atom. The molecule has 2 amide bonds. The number of amides is 2. The largest absolute Gasteiger partial charge is 0.330 e. The Labute approximate surface area is 139 Å².